The Bertz CT molecular complexity index is 1120. The summed E-state index contributed by atoms with van der Waals surface area (Å²) in [7, 11) is -3.80. The Kier molecular flexibility index (Phi) is 6.82. The fourth-order valence-corrected chi connectivity index (χ4v) is 5.81. The highest BCUT2D eigenvalue weighted by Crippen LogP contribution is 2.36. The normalized spacial score (nSPS) is 24.0. The number of ether oxygens (including phenoxy) is 1. The Morgan fingerprint density at radius 3 is 2.26 bits per heavy atom. The van der Waals surface area contributed by atoms with Gasteiger partial charge in [0.25, 0.3) is 11.8 Å². The minimum atomic E-state index is -3.80. The number of hydrogen-bond acceptors (Lipinski definition) is 7. The number of amides is 4. The molecule has 4 rings (SSSR count). The Labute approximate surface area is 197 Å². The fourth-order valence-electron chi connectivity index (χ4n) is 4.35. The standard InChI is InChI=1S/C22H26N4O7S/c1-14(26-21(29)17-7-2-3-8-18(17)22(26)30)19(27)23-24-20(28)15-5-4-6-16(13-15)34(31,32)25-9-11-33-12-10-25/h2-6,13-14,17-18H,7-12H2,1H3,(H,23,27)(H,24,28). The van der Waals surface area contributed by atoms with E-state index in [-0.39, 0.29) is 23.5 Å². The second kappa shape index (κ2) is 9.65. The van der Waals surface area contributed by atoms with Crippen LogP contribution in [0.15, 0.2) is 41.3 Å². The van der Waals surface area contributed by atoms with E-state index in [9.17, 15) is 27.6 Å². The summed E-state index contributed by atoms with van der Waals surface area (Å²) in [5, 5.41) is 0. The van der Waals surface area contributed by atoms with E-state index in [1.165, 1.54) is 35.5 Å². The first-order chi connectivity index (χ1) is 16.2. The molecule has 2 saturated heterocycles. The molecule has 12 heteroatoms. The van der Waals surface area contributed by atoms with Gasteiger partial charge in [0, 0.05) is 18.7 Å². The zero-order valence-electron chi connectivity index (χ0n) is 18.6. The number of sulfonamides is 1. The number of carbonyl (C=O) groups is 4. The van der Waals surface area contributed by atoms with E-state index in [0.29, 0.717) is 26.1 Å². The molecular weight excluding hydrogens is 464 g/mol. The summed E-state index contributed by atoms with van der Waals surface area (Å²) in [5.41, 5.74) is 4.47. The molecule has 0 saturated carbocycles. The number of nitrogens with zero attached hydrogens (tertiary/aromatic N) is 2. The minimum Gasteiger partial charge on any atom is -0.379 e. The molecule has 2 heterocycles. The van der Waals surface area contributed by atoms with Crippen LogP contribution < -0.4 is 10.9 Å². The molecule has 3 aliphatic rings. The first-order valence-electron chi connectivity index (χ1n) is 11.0. The maximum absolute atomic E-state index is 12.8. The molecule has 0 spiro atoms. The van der Waals surface area contributed by atoms with E-state index < -0.39 is 51.5 Å². The lowest BCUT2D eigenvalue weighted by molar-refractivity contribution is -0.147. The third-order valence-corrected chi connectivity index (χ3v) is 8.21. The highest BCUT2D eigenvalue weighted by atomic mass is 32.2. The van der Waals surface area contributed by atoms with Gasteiger partial charge >= 0.3 is 0 Å². The number of imide groups is 1. The first-order valence-corrected chi connectivity index (χ1v) is 12.5. The summed E-state index contributed by atoms with van der Waals surface area (Å²) in [5.74, 6) is -3.18. The van der Waals surface area contributed by atoms with Crippen LogP contribution in [-0.2, 0) is 29.1 Å². The minimum absolute atomic E-state index is 0.0210. The number of morpholine rings is 1. The van der Waals surface area contributed by atoms with Gasteiger partial charge in [-0.25, -0.2) is 8.42 Å². The molecule has 182 valence electrons. The summed E-state index contributed by atoms with van der Waals surface area (Å²) in [6.45, 7) is 2.45. The van der Waals surface area contributed by atoms with Crippen LogP contribution in [0.4, 0.5) is 0 Å². The summed E-state index contributed by atoms with van der Waals surface area (Å²) in [6.07, 6.45) is 4.63. The summed E-state index contributed by atoms with van der Waals surface area (Å²) in [6, 6.07) is 4.35. The Morgan fingerprint density at radius 2 is 1.65 bits per heavy atom. The molecule has 34 heavy (non-hydrogen) atoms. The number of benzene rings is 1. The third-order valence-electron chi connectivity index (χ3n) is 6.31. The number of fused-ring (bicyclic) bond motifs is 1. The summed E-state index contributed by atoms with van der Waals surface area (Å²) >= 11 is 0. The molecule has 2 fully saturated rings. The molecule has 4 amide bonds. The van der Waals surface area contributed by atoms with Crippen molar-refractivity contribution < 1.29 is 32.3 Å². The second-order valence-electron chi connectivity index (χ2n) is 8.37. The Morgan fingerprint density at radius 1 is 1.03 bits per heavy atom. The van der Waals surface area contributed by atoms with Crippen LogP contribution in [0.1, 0.15) is 30.1 Å². The molecule has 11 nitrogen and oxygen atoms in total. The quantitative estimate of drug-likeness (QED) is 0.331. The zero-order chi connectivity index (χ0) is 24.5. The predicted molar refractivity (Wildman–Crippen MR) is 118 cm³/mol. The van der Waals surface area contributed by atoms with Crippen molar-refractivity contribution in [3.63, 3.8) is 0 Å². The summed E-state index contributed by atoms with van der Waals surface area (Å²) in [4.78, 5) is 51.4. The van der Waals surface area contributed by atoms with Gasteiger partial charge in [0.1, 0.15) is 6.04 Å². The molecule has 0 bridgehead atoms. The fraction of sp³-hybridized carbons (Fsp3) is 0.455. The van der Waals surface area contributed by atoms with Gasteiger partial charge in [-0.15, -0.1) is 0 Å². The third kappa shape index (κ3) is 4.48. The number of likely N-dealkylation sites (tertiary alicyclic amines) is 1. The van der Waals surface area contributed by atoms with Crippen LogP contribution in [0.2, 0.25) is 0 Å². The van der Waals surface area contributed by atoms with Crippen molar-refractivity contribution in [3.8, 4) is 0 Å². The number of allylic oxidation sites excluding steroid dienone is 2. The van der Waals surface area contributed by atoms with Gasteiger partial charge < -0.3 is 4.74 Å². The molecule has 2 N–H and O–H groups in total. The molecule has 3 unspecified atom stereocenters. The molecule has 1 aliphatic carbocycles. The lowest BCUT2D eigenvalue weighted by atomic mass is 9.85. The van der Waals surface area contributed by atoms with E-state index in [2.05, 4.69) is 10.9 Å². The van der Waals surface area contributed by atoms with Crippen molar-refractivity contribution >= 4 is 33.7 Å². The van der Waals surface area contributed by atoms with E-state index in [4.69, 9.17) is 4.74 Å². The smallest absolute Gasteiger partial charge is 0.269 e. The van der Waals surface area contributed by atoms with Crippen molar-refractivity contribution in [1.29, 1.82) is 0 Å². The average Bonchev–Trinajstić information content (AvgIpc) is 3.12. The molecule has 3 atom stereocenters. The highest BCUT2D eigenvalue weighted by Gasteiger charge is 2.50. The average molecular weight is 491 g/mol. The van der Waals surface area contributed by atoms with E-state index in [1.807, 2.05) is 12.2 Å². The lowest BCUT2D eigenvalue weighted by Gasteiger charge is -2.26. The Hall–Kier alpha value is -3.09. The van der Waals surface area contributed by atoms with Crippen molar-refractivity contribution in [2.75, 3.05) is 26.3 Å². The maximum atomic E-state index is 12.8. The monoisotopic (exact) mass is 490 g/mol. The number of nitrogens with one attached hydrogen (secondary N) is 2. The van der Waals surface area contributed by atoms with Crippen LogP contribution in [0.25, 0.3) is 0 Å². The second-order valence-corrected chi connectivity index (χ2v) is 10.3. The van der Waals surface area contributed by atoms with Gasteiger partial charge in [0.05, 0.1) is 29.9 Å². The number of carbonyl (C=O) groups excluding carboxylic acids is 4. The molecule has 1 aromatic rings. The molecular formula is C22H26N4O7S. The predicted octanol–water partition coefficient (Wildman–Crippen LogP) is -0.192. The first kappa shape index (κ1) is 24.0. The number of rotatable bonds is 5. The largest absolute Gasteiger partial charge is 0.379 e. The molecule has 2 aliphatic heterocycles. The Balaban J connectivity index is 1.39. The van der Waals surface area contributed by atoms with Crippen LogP contribution >= 0.6 is 0 Å². The van der Waals surface area contributed by atoms with E-state index >= 15 is 0 Å². The highest BCUT2D eigenvalue weighted by molar-refractivity contribution is 7.89. The molecule has 1 aromatic carbocycles. The summed E-state index contributed by atoms with van der Waals surface area (Å²) < 4.78 is 32.1. The van der Waals surface area contributed by atoms with Gasteiger partial charge in [-0.2, -0.15) is 4.31 Å². The lowest BCUT2D eigenvalue weighted by Crippen LogP contribution is -2.53. The van der Waals surface area contributed by atoms with E-state index in [0.717, 1.165) is 4.90 Å². The van der Waals surface area contributed by atoms with Gasteiger partial charge in [0.15, 0.2) is 0 Å². The zero-order valence-corrected chi connectivity index (χ0v) is 19.4. The molecule has 0 radical (unpaired) electrons. The topological polar surface area (TPSA) is 142 Å². The van der Waals surface area contributed by atoms with Gasteiger partial charge in [-0.1, -0.05) is 18.2 Å². The van der Waals surface area contributed by atoms with E-state index in [1.54, 1.807) is 0 Å². The van der Waals surface area contributed by atoms with Crippen molar-refractivity contribution in [3.05, 3.63) is 42.0 Å². The van der Waals surface area contributed by atoms with Gasteiger partial charge in [-0.3, -0.25) is 34.9 Å². The number of hydrogen-bond donors (Lipinski definition) is 2. The van der Waals surface area contributed by atoms with Crippen LogP contribution in [0, 0.1) is 11.8 Å². The van der Waals surface area contributed by atoms with Crippen LogP contribution in [0.3, 0.4) is 0 Å². The van der Waals surface area contributed by atoms with Crippen molar-refractivity contribution in [1.82, 2.24) is 20.1 Å². The molecule has 0 aromatic heterocycles. The van der Waals surface area contributed by atoms with Crippen molar-refractivity contribution in [2.24, 2.45) is 11.8 Å². The van der Waals surface area contributed by atoms with Gasteiger partial charge in [-0.05, 0) is 38.0 Å². The van der Waals surface area contributed by atoms with Crippen LogP contribution in [-0.4, -0.2) is 73.6 Å². The van der Waals surface area contributed by atoms with Crippen LogP contribution in [0.5, 0.6) is 0 Å². The SMILES string of the molecule is CC(C(=O)NNC(=O)c1cccc(S(=O)(=O)N2CCOCC2)c1)N1C(=O)C2CC=CCC2C1=O. The number of hydrazine groups is 1. The van der Waals surface area contributed by atoms with Crippen molar-refractivity contribution in [2.45, 2.75) is 30.7 Å². The maximum Gasteiger partial charge on any atom is 0.269 e. The van der Waals surface area contributed by atoms with Gasteiger partial charge in [0.2, 0.25) is 21.8 Å².